The van der Waals surface area contributed by atoms with Crippen molar-refractivity contribution in [2.24, 2.45) is 0 Å². The quantitative estimate of drug-likeness (QED) is 0.741. The average molecular weight is 311 g/mol. The number of nitrogen functional groups attached to an aromatic ring is 1. The Morgan fingerprint density at radius 1 is 1.39 bits per heavy atom. The molecular formula is C16H17N5O2. The van der Waals surface area contributed by atoms with Gasteiger partial charge in [-0.1, -0.05) is 0 Å². The maximum absolute atomic E-state index is 6.06. The first-order valence-electron chi connectivity index (χ1n) is 7.77. The molecule has 0 spiro atoms. The van der Waals surface area contributed by atoms with Crippen LogP contribution in [-0.2, 0) is 0 Å². The lowest BCUT2D eigenvalue weighted by atomic mass is 10.2. The van der Waals surface area contributed by atoms with Crippen LogP contribution in [-0.4, -0.2) is 42.3 Å². The third-order valence-electron chi connectivity index (χ3n) is 4.85. The fraction of sp³-hybridized carbons (Fsp3) is 0.375. The van der Waals surface area contributed by atoms with Crippen molar-refractivity contribution in [2.45, 2.75) is 18.5 Å². The molecule has 7 nitrogen and oxygen atoms in total. The number of rotatable bonds is 2. The Morgan fingerprint density at radius 3 is 3.04 bits per heavy atom. The van der Waals surface area contributed by atoms with E-state index in [0.29, 0.717) is 17.7 Å². The largest absolute Gasteiger partial charge is 0.497 e. The summed E-state index contributed by atoms with van der Waals surface area (Å²) in [5.41, 5.74) is 8.19. The molecule has 0 aliphatic carbocycles. The van der Waals surface area contributed by atoms with E-state index in [1.165, 1.54) is 0 Å². The number of aromatic nitrogens is 2. The molecule has 5 rings (SSSR count). The van der Waals surface area contributed by atoms with Gasteiger partial charge in [-0.15, -0.1) is 0 Å². The summed E-state index contributed by atoms with van der Waals surface area (Å²) in [7, 11) is 1.65. The molecule has 7 heteroatoms. The number of fused-ring (bicyclic) bond motifs is 5. The van der Waals surface area contributed by atoms with Gasteiger partial charge in [0.05, 0.1) is 12.5 Å². The van der Waals surface area contributed by atoms with Gasteiger partial charge >= 0.3 is 0 Å². The molecule has 4 heterocycles. The van der Waals surface area contributed by atoms with Crippen molar-refractivity contribution >= 4 is 33.8 Å². The summed E-state index contributed by atoms with van der Waals surface area (Å²) >= 11 is 0. The van der Waals surface area contributed by atoms with Crippen LogP contribution in [0, 0.1) is 0 Å². The Hall–Kier alpha value is -2.54. The minimum absolute atomic E-state index is 0.272. The number of anilines is 2. The lowest BCUT2D eigenvalue weighted by Gasteiger charge is -2.28. The van der Waals surface area contributed by atoms with E-state index >= 15 is 0 Å². The molecule has 2 atom stereocenters. The van der Waals surface area contributed by atoms with Crippen LogP contribution < -0.4 is 20.7 Å². The fourth-order valence-electron chi connectivity index (χ4n) is 3.77. The lowest BCUT2D eigenvalue weighted by Crippen LogP contribution is -2.44. The zero-order chi connectivity index (χ0) is 15.6. The van der Waals surface area contributed by atoms with Gasteiger partial charge in [-0.05, 0) is 24.6 Å². The van der Waals surface area contributed by atoms with E-state index in [9.17, 15) is 0 Å². The number of piperazine rings is 1. The van der Waals surface area contributed by atoms with Gasteiger partial charge in [0.1, 0.15) is 16.8 Å². The van der Waals surface area contributed by atoms with Crippen LogP contribution in [0.15, 0.2) is 22.6 Å². The number of nitrogens with zero attached hydrogens (tertiary/aromatic N) is 3. The maximum atomic E-state index is 6.06. The zero-order valence-electron chi connectivity index (χ0n) is 12.7. The molecule has 2 aromatic heterocycles. The second-order valence-corrected chi connectivity index (χ2v) is 6.19. The molecule has 23 heavy (non-hydrogen) atoms. The van der Waals surface area contributed by atoms with Gasteiger partial charge in [0.15, 0.2) is 11.4 Å². The first-order valence-corrected chi connectivity index (χ1v) is 7.77. The van der Waals surface area contributed by atoms with Crippen molar-refractivity contribution in [1.82, 2.24) is 15.3 Å². The van der Waals surface area contributed by atoms with Gasteiger partial charge < -0.3 is 25.1 Å². The van der Waals surface area contributed by atoms with Crippen LogP contribution in [0.3, 0.4) is 0 Å². The van der Waals surface area contributed by atoms with Gasteiger partial charge in [-0.3, -0.25) is 0 Å². The fourth-order valence-corrected chi connectivity index (χ4v) is 3.77. The second kappa shape index (κ2) is 4.48. The molecule has 2 aliphatic heterocycles. The Balaban J connectivity index is 1.76. The van der Waals surface area contributed by atoms with Gasteiger partial charge in [0.2, 0.25) is 5.95 Å². The van der Waals surface area contributed by atoms with Crippen LogP contribution in [0.2, 0.25) is 0 Å². The number of nitrogens with one attached hydrogen (secondary N) is 1. The number of benzene rings is 1. The van der Waals surface area contributed by atoms with Crippen molar-refractivity contribution in [3.05, 3.63) is 18.2 Å². The molecule has 0 radical (unpaired) electrons. The van der Waals surface area contributed by atoms with E-state index in [4.69, 9.17) is 14.9 Å². The number of ether oxygens (including phenoxy) is 1. The molecule has 2 saturated heterocycles. The minimum atomic E-state index is 0.272. The molecule has 3 aromatic rings. The molecule has 0 saturated carbocycles. The average Bonchev–Trinajstić information content (AvgIpc) is 3.27. The van der Waals surface area contributed by atoms with Crippen LogP contribution >= 0.6 is 0 Å². The van der Waals surface area contributed by atoms with E-state index in [0.717, 1.165) is 47.6 Å². The van der Waals surface area contributed by atoms with Gasteiger partial charge in [-0.25, -0.2) is 4.98 Å². The topological polar surface area (TPSA) is 89.4 Å². The van der Waals surface area contributed by atoms with Crippen LogP contribution in [0.1, 0.15) is 6.42 Å². The first-order chi connectivity index (χ1) is 11.2. The van der Waals surface area contributed by atoms with Crippen LogP contribution in [0.4, 0.5) is 11.8 Å². The molecule has 2 aliphatic rings. The lowest BCUT2D eigenvalue weighted by molar-refractivity contribution is 0.415. The van der Waals surface area contributed by atoms with E-state index in [1.54, 1.807) is 7.11 Å². The number of hydrogen-bond donors (Lipinski definition) is 2. The van der Waals surface area contributed by atoms with Crippen molar-refractivity contribution in [2.75, 3.05) is 30.8 Å². The van der Waals surface area contributed by atoms with E-state index in [1.807, 2.05) is 18.2 Å². The summed E-state index contributed by atoms with van der Waals surface area (Å²) in [5, 5.41) is 4.40. The summed E-state index contributed by atoms with van der Waals surface area (Å²) in [4.78, 5) is 11.2. The van der Waals surface area contributed by atoms with Gasteiger partial charge in [0.25, 0.3) is 0 Å². The monoisotopic (exact) mass is 311 g/mol. The number of methoxy groups -OCH3 is 1. The van der Waals surface area contributed by atoms with Crippen LogP contribution in [0.5, 0.6) is 5.75 Å². The standard InChI is InChI=1S/C16H17N5O2/c1-22-10-2-3-12-11(5-10)13-14(23-12)15(20-16(17)19-13)21-7-8-4-9(21)6-18-8/h2-3,5,8-9,18H,4,6-7H2,1H3,(H2,17,19,20)/t8?,9-/m1/s1. The van der Waals surface area contributed by atoms with Crippen LogP contribution in [0.25, 0.3) is 22.1 Å². The Labute approximate surface area is 132 Å². The smallest absolute Gasteiger partial charge is 0.222 e. The van der Waals surface area contributed by atoms with E-state index in [-0.39, 0.29) is 5.95 Å². The second-order valence-electron chi connectivity index (χ2n) is 6.19. The first kappa shape index (κ1) is 13.0. The third kappa shape index (κ3) is 1.80. The van der Waals surface area contributed by atoms with Crippen molar-refractivity contribution in [3.63, 3.8) is 0 Å². The highest BCUT2D eigenvalue weighted by atomic mass is 16.5. The number of hydrogen-bond acceptors (Lipinski definition) is 7. The molecular weight excluding hydrogens is 294 g/mol. The summed E-state index contributed by atoms with van der Waals surface area (Å²) in [6, 6.07) is 6.67. The Bertz CT molecular complexity index is 922. The molecule has 3 N–H and O–H groups in total. The molecule has 118 valence electrons. The Morgan fingerprint density at radius 2 is 2.30 bits per heavy atom. The third-order valence-corrected chi connectivity index (χ3v) is 4.85. The highest BCUT2D eigenvalue weighted by Gasteiger charge is 2.39. The SMILES string of the molecule is COc1ccc2oc3c(N4CC5C[C@@H]4CN5)nc(N)nc3c2c1. The van der Waals surface area contributed by atoms with E-state index in [2.05, 4.69) is 20.2 Å². The Kier molecular flexibility index (Phi) is 2.52. The molecule has 1 unspecified atom stereocenters. The van der Waals surface area contributed by atoms with Gasteiger partial charge in [0, 0.05) is 25.2 Å². The summed E-state index contributed by atoms with van der Waals surface area (Å²) in [6.07, 6.45) is 1.14. The van der Waals surface area contributed by atoms with E-state index < -0.39 is 0 Å². The maximum Gasteiger partial charge on any atom is 0.222 e. The summed E-state index contributed by atoms with van der Waals surface area (Å²) in [6.45, 7) is 1.90. The van der Waals surface area contributed by atoms with Crippen molar-refractivity contribution < 1.29 is 9.15 Å². The van der Waals surface area contributed by atoms with Crippen molar-refractivity contribution in [3.8, 4) is 5.75 Å². The molecule has 2 bridgehead atoms. The molecule has 0 amide bonds. The molecule has 2 fully saturated rings. The van der Waals surface area contributed by atoms with Crippen molar-refractivity contribution in [1.29, 1.82) is 0 Å². The highest BCUT2D eigenvalue weighted by molar-refractivity contribution is 6.06. The number of furan rings is 1. The zero-order valence-corrected chi connectivity index (χ0v) is 12.7. The highest BCUT2D eigenvalue weighted by Crippen LogP contribution is 2.38. The molecule has 1 aromatic carbocycles. The predicted molar refractivity (Wildman–Crippen MR) is 87.8 cm³/mol. The van der Waals surface area contributed by atoms with Gasteiger partial charge in [-0.2, -0.15) is 4.98 Å². The summed E-state index contributed by atoms with van der Waals surface area (Å²) < 4.78 is 11.4. The minimum Gasteiger partial charge on any atom is -0.497 e. The predicted octanol–water partition coefficient (Wildman–Crippen LogP) is 1.52. The normalized spacial score (nSPS) is 23.3. The summed E-state index contributed by atoms with van der Waals surface area (Å²) in [5.74, 6) is 1.84. The number of nitrogens with two attached hydrogens (primary N) is 1.